The lowest BCUT2D eigenvalue weighted by Crippen LogP contribution is -1.99. The highest BCUT2D eigenvalue weighted by atomic mass is 35.5. The summed E-state index contributed by atoms with van der Waals surface area (Å²) in [5.41, 5.74) is 5.06. The van der Waals surface area contributed by atoms with Crippen LogP contribution in [0.25, 0.3) is 11.6 Å². The van der Waals surface area contributed by atoms with Crippen LogP contribution in [0, 0.1) is 31.0 Å². The van der Waals surface area contributed by atoms with Gasteiger partial charge in [-0.3, -0.25) is 0 Å². The first-order valence-electron chi connectivity index (χ1n) is 8.82. The number of allylic oxidation sites excluding steroid dienone is 1. The number of benzene rings is 3. The molecule has 0 spiro atoms. The summed E-state index contributed by atoms with van der Waals surface area (Å²) in [6.07, 6.45) is 1.80. The maximum absolute atomic E-state index is 13.1. The molecule has 0 saturated heterocycles. The number of hydrogen-bond donors (Lipinski definition) is 0. The van der Waals surface area contributed by atoms with Crippen LogP contribution in [0.15, 0.2) is 60.7 Å². The van der Waals surface area contributed by atoms with E-state index in [9.17, 15) is 9.65 Å². The van der Waals surface area contributed by atoms with E-state index >= 15 is 0 Å². The second-order valence-corrected chi connectivity index (χ2v) is 7.01. The molecule has 3 aromatic rings. The number of ether oxygens (including phenoxy) is 1. The van der Waals surface area contributed by atoms with Crippen LogP contribution in [-0.2, 0) is 6.61 Å². The molecule has 0 radical (unpaired) electrons. The molecule has 4 heteroatoms. The maximum atomic E-state index is 13.1. The zero-order valence-electron chi connectivity index (χ0n) is 15.7. The Balaban J connectivity index is 1.83. The topological polar surface area (TPSA) is 33.0 Å². The molecule has 140 valence electrons. The summed E-state index contributed by atoms with van der Waals surface area (Å²) in [7, 11) is 0. The van der Waals surface area contributed by atoms with E-state index in [-0.39, 0.29) is 5.82 Å². The first-order chi connectivity index (χ1) is 13.5. The van der Waals surface area contributed by atoms with Crippen molar-refractivity contribution in [2.75, 3.05) is 0 Å². The van der Waals surface area contributed by atoms with Gasteiger partial charge in [0.15, 0.2) is 0 Å². The molecule has 0 N–H and O–H groups in total. The Morgan fingerprint density at radius 2 is 1.64 bits per heavy atom. The molecule has 0 unspecified atom stereocenters. The third kappa shape index (κ3) is 4.79. The first-order valence-corrected chi connectivity index (χ1v) is 9.20. The summed E-state index contributed by atoms with van der Waals surface area (Å²) in [4.78, 5) is 0. The van der Waals surface area contributed by atoms with Crippen molar-refractivity contribution in [3.8, 4) is 11.8 Å². The SMILES string of the molecule is Cc1cc(/C=C(\C#N)c2ccc(F)cc2)cc(C)c1OCc1ccc(Cl)cc1. The van der Waals surface area contributed by atoms with Gasteiger partial charge in [0.1, 0.15) is 18.2 Å². The van der Waals surface area contributed by atoms with Gasteiger partial charge in [-0.15, -0.1) is 0 Å². The number of nitrogens with zero attached hydrogens (tertiary/aromatic N) is 1. The Kier molecular flexibility index (Phi) is 6.13. The summed E-state index contributed by atoms with van der Waals surface area (Å²) in [6.45, 7) is 4.41. The molecule has 0 aliphatic heterocycles. The van der Waals surface area contributed by atoms with Crippen LogP contribution < -0.4 is 4.74 Å². The lowest BCUT2D eigenvalue weighted by atomic mass is 10.0. The molecule has 2 nitrogen and oxygen atoms in total. The molecule has 3 aromatic carbocycles. The highest BCUT2D eigenvalue weighted by molar-refractivity contribution is 6.30. The van der Waals surface area contributed by atoms with Gasteiger partial charge in [0.2, 0.25) is 0 Å². The quantitative estimate of drug-likeness (QED) is 0.356. The van der Waals surface area contributed by atoms with Crippen LogP contribution >= 0.6 is 11.6 Å². The average molecular weight is 392 g/mol. The lowest BCUT2D eigenvalue weighted by Gasteiger charge is -2.13. The molecular formula is C24H19ClFNO. The van der Waals surface area contributed by atoms with Gasteiger partial charge in [0.25, 0.3) is 0 Å². The predicted molar refractivity (Wildman–Crippen MR) is 112 cm³/mol. The van der Waals surface area contributed by atoms with Crippen molar-refractivity contribution >= 4 is 23.3 Å². The number of aryl methyl sites for hydroxylation is 2. The Hall–Kier alpha value is -3.09. The van der Waals surface area contributed by atoms with E-state index in [0.717, 1.165) is 28.0 Å². The Bertz CT molecular complexity index is 1020. The Morgan fingerprint density at radius 3 is 2.21 bits per heavy atom. The van der Waals surface area contributed by atoms with Gasteiger partial charge in [-0.2, -0.15) is 5.26 Å². The minimum absolute atomic E-state index is 0.324. The fraction of sp³-hybridized carbons (Fsp3) is 0.125. The maximum Gasteiger partial charge on any atom is 0.125 e. The highest BCUT2D eigenvalue weighted by Crippen LogP contribution is 2.28. The standard InChI is InChI=1S/C24H19ClFNO/c1-16-11-19(13-21(14-27)20-5-9-23(26)10-6-20)12-17(2)24(16)28-15-18-3-7-22(25)8-4-18/h3-13H,15H2,1-2H3/b21-13+. The second-order valence-electron chi connectivity index (χ2n) is 6.58. The van der Waals surface area contributed by atoms with Gasteiger partial charge in [0, 0.05) is 5.02 Å². The van der Waals surface area contributed by atoms with Crippen LogP contribution in [0.3, 0.4) is 0 Å². The number of nitriles is 1. The van der Waals surface area contributed by atoms with Gasteiger partial charge in [0.05, 0.1) is 11.6 Å². The van der Waals surface area contributed by atoms with Gasteiger partial charge in [-0.1, -0.05) is 35.9 Å². The van der Waals surface area contributed by atoms with Gasteiger partial charge >= 0.3 is 0 Å². The Labute approximate surface area is 169 Å². The van der Waals surface area contributed by atoms with E-state index in [1.54, 1.807) is 18.2 Å². The molecule has 0 aromatic heterocycles. The summed E-state index contributed by atoms with van der Waals surface area (Å²) < 4.78 is 19.1. The summed E-state index contributed by atoms with van der Waals surface area (Å²) in [5.74, 6) is 0.502. The minimum atomic E-state index is -0.324. The normalized spacial score (nSPS) is 11.2. The van der Waals surface area contributed by atoms with Crippen molar-refractivity contribution in [1.82, 2.24) is 0 Å². The van der Waals surface area contributed by atoms with Gasteiger partial charge in [-0.05, 0) is 84.1 Å². The fourth-order valence-electron chi connectivity index (χ4n) is 3.01. The van der Waals surface area contributed by atoms with Crippen molar-refractivity contribution in [2.45, 2.75) is 20.5 Å². The summed E-state index contributed by atoms with van der Waals surface area (Å²) >= 11 is 5.91. The second kappa shape index (κ2) is 8.73. The Morgan fingerprint density at radius 1 is 1.04 bits per heavy atom. The van der Waals surface area contributed by atoms with Crippen molar-refractivity contribution in [1.29, 1.82) is 5.26 Å². The number of rotatable bonds is 5. The molecule has 28 heavy (non-hydrogen) atoms. The predicted octanol–water partition coefficient (Wildman–Crippen LogP) is 6.74. The molecule has 0 atom stereocenters. The monoisotopic (exact) mass is 391 g/mol. The minimum Gasteiger partial charge on any atom is -0.488 e. The molecular weight excluding hydrogens is 373 g/mol. The van der Waals surface area contributed by atoms with E-state index in [2.05, 4.69) is 6.07 Å². The molecule has 0 bridgehead atoms. The molecule has 0 fully saturated rings. The van der Waals surface area contributed by atoms with E-state index in [1.807, 2.05) is 50.2 Å². The van der Waals surface area contributed by atoms with E-state index in [0.29, 0.717) is 22.8 Å². The van der Waals surface area contributed by atoms with Crippen molar-refractivity contribution in [3.63, 3.8) is 0 Å². The van der Waals surface area contributed by atoms with E-state index in [4.69, 9.17) is 16.3 Å². The summed E-state index contributed by atoms with van der Waals surface area (Å²) in [5, 5.41) is 10.2. The molecule has 0 saturated carbocycles. The van der Waals surface area contributed by atoms with Gasteiger partial charge in [-0.25, -0.2) is 4.39 Å². The zero-order chi connectivity index (χ0) is 20.1. The zero-order valence-corrected chi connectivity index (χ0v) is 16.4. The molecule has 0 aliphatic rings. The molecule has 0 heterocycles. The van der Waals surface area contributed by atoms with Crippen molar-refractivity contribution in [3.05, 3.63) is 99.3 Å². The molecule has 0 amide bonds. The lowest BCUT2D eigenvalue weighted by molar-refractivity contribution is 0.302. The third-order valence-corrected chi connectivity index (χ3v) is 4.62. The molecule has 3 rings (SSSR count). The van der Waals surface area contributed by atoms with Crippen molar-refractivity contribution < 1.29 is 9.13 Å². The van der Waals surface area contributed by atoms with E-state index < -0.39 is 0 Å². The smallest absolute Gasteiger partial charge is 0.125 e. The third-order valence-electron chi connectivity index (χ3n) is 4.37. The average Bonchev–Trinajstić information content (AvgIpc) is 2.67. The fourth-order valence-corrected chi connectivity index (χ4v) is 3.13. The van der Waals surface area contributed by atoms with Crippen LogP contribution in [0.5, 0.6) is 5.75 Å². The first kappa shape index (κ1) is 19.7. The number of hydrogen-bond acceptors (Lipinski definition) is 2. The van der Waals surface area contributed by atoms with Crippen molar-refractivity contribution in [2.24, 2.45) is 0 Å². The van der Waals surface area contributed by atoms with Crippen LogP contribution in [0.4, 0.5) is 4.39 Å². The highest BCUT2D eigenvalue weighted by Gasteiger charge is 2.08. The molecule has 0 aliphatic carbocycles. The van der Waals surface area contributed by atoms with Gasteiger partial charge < -0.3 is 4.74 Å². The van der Waals surface area contributed by atoms with Crippen LogP contribution in [-0.4, -0.2) is 0 Å². The summed E-state index contributed by atoms with van der Waals surface area (Å²) in [6, 6.07) is 19.6. The van der Waals surface area contributed by atoms with Crippen LogP contribution in [0.2, 0.25) is 5.02 Å². The van der Waals surface area contributed by atoms with Crippen LogP contribution in [0.1, 0.15) is 27.8 Å². The largest absolute Gasteiger partial charge is 0.488 e. The van der Waals surface area contributed by atoms with E-state index in [1.165, 1.54) is 12.1 Å². The number of halogens is 2.